The molecule has 1 aliphatic heterocycles. The summed E-state index contributed by atoms with van der Waals surface area (Å²) in [4.78, 5) is 19.5. The third kappa shape index (κ3) is 9.41. The summed E-state index contributed by atoms with van der Waals surface area (Å²) in [5, 5.41) is 6.88. The monoisotopic (exact) mass is 572 g/mol. The Morgan fingerprint density at radius 3 is 2.64 bits per heavy atom. The summed E-state index contributed by atoms with van der Waals surface area (Å²) in [6, 6.07) is 8.62. The standard InChI is InChI=1S/C25H40N4O3.HI/c1-3-26-25(28-23-12-13-29(18-23)24(30)22-10-5-6-11-22)27-17-20-8-7-9-21(16-20)19-32-15-14-31-4-2;/h7-9,16,22-23H,3-6,10-15,17-19H2,1-2H3,(H2,26,27,28);1H. The first-order valence-corrected chi connectivity index (χ1v) is 12.3. The molecular weight excluding hydrogens is 531 g/mol. The van der Waals surface area contributed by atoms with Gasteiger partial charge in [-0.15, -0.1) is 24.0 Å². The van der Waals surface area contributed by atoms with Gasteiger partial charge in [0, 0.05) is 38.2 Å². The van der Waals surface area contributed by atoms with Gasteiger partial charge in [-0.3, -0.25) is 4.79 Å². The summed E-state index contributed by atoms with van der Waals surface area (Å²) in [6.45, 7) is 9.60. The van der Waals surface area contributed by atoms with Crippen LogP contribution < -0.4 is 10.6 Å². The van der Waals surface area contributed by atoms with E-state index in [1.165, 1.54) is 12.8 Å². The fraction of sp³-hybridized carbons (Fsp3) is 0.680. The number of halogens is 1. The largest absolute Gasteiger partial charge is 0.379 e. The lowest BCUT2D eigenvalue weighted by molar-refractivity contribution is -0.134. The van der Waals surface area contributed by atoms with Gasteiger partial charge < -0.3 is 25.0 Å². The van der Waals surface area contributed by atoms with Crippen LogP contribution in [0, 0.1) is 5.92 Å². The molecule has 2 N–H and O–H groups in total. The molecule has 186 valence electrons. The second kappa shape index (κ2) is 15.5. The van der Waals surface area contributed by atoms with Gasteiger partial charge >= 0.3 is 0 Å². The number of guanidine groups is 1. The Morgan fingerprint density at radius 2 is 1.88 bits per heavy atom. The molecule has 2 aliphatic rings. The molecule has 1 aromatic rings. The van der Waals surface area contributed by atoms with E-state index in [4.69, 9.17) is 14.5 Å². The van der Waals surface area contributed by atoms with Gasteiger partial charge in [0.25, 0.3) is 0 Å². The zero-order chi connectivity index (χ0) is 22.6. The molecule has 2 fully saturated rings. The van der Waals surface area contributed by atoms with Crippen LogP contribution in [0.1, 0.15) is 57.1 Å². The Labute approximate surface area is 216 Å². The fourth-order valence-electron chi connectivity index (χ4n) is 4.46. The molecule has 7 nitrogen and oxygen atoms in total. The second-order valence-electron chi connectivity index (χ2n) is 8.66. The van der Waals surface area contributed by atoms with E-state index in [2.05, 4.69) is 41.8 Å². The summed E-state index contributed by atoms with van der Waals surface area (Å²) in [6.07, 6.45) is 5.49. The molecule has 1 amide bonds. The summed E-state index contributed by atoms with van der Waals surface area (Å²) in [5.41, 5.74) is 2.29. The van der Waals surface area contributed by atoms with Crippen molar-refractivity contribution in [2.75, 3.05) is 39.5 Å². The minimum absolute atomic E-state index is 0. The third-order valence-corrected chi connectivity index (χ3v) is 6.15. The van der Waals surface area contributed by atoms with Gasteiger partial charge in [0.05, 0.1) is 26.4 Å². The molecule has 0 spiro atoms. The molecular formula is C25H41IN4O3. The lowest BCUT2D eigenvalue weighted by atomic mass is 10.1. The number of aliphatic imine (C=N–C) groups is 1. The number of carbonyl (C=O) groups excluding carboxylic acids is 1. The summed E-state index contributed by atoms with van der Waals surface area (Å²) in [7, 11) is 0. The van der Waals surface area contributed by atoms with Gasteiger partial charge in [0.2, 0.25) is 5.91 Å². The van der Waals surface area contributed by atoms with Gasteiger partial charge in [-0.2, -0.15) is 0 Å². The first-order valence-electron chi connectivity index (χ1n) is 12.3. The highest BCUT2D eigenvalue weighted by Crippen LogP contribution is 2.27. The van der Waals surface area contributed by atoms with Gasteiger partial charge in [0.15, 0.2) is 5.96 Å². The molecule has 8 heteroatoms. The average Bonchev–Trinajstić information content (AvgIpc) is 3.50. The normalized spacial score (nSPS) is 18.9. The van der Waals surface area contributed by atoms with E-state index in [9.17, 15) is 4.79 Å². The fourth-order valence-corrected chi connectivity index (χ4v) is 4.46. The summed E-state index contributed by atoms with van der Waals surface area (Å²) < 4.78 is 11.0. The number of likely N-dealkylation sites (tertiary alicyclic amines) is 1. The molecule has 1 saturated carbocycles. The lowest BCUT2D eigenvalue weighted by Gasteiger charge is -2.21. The Bertz CT molecular complexity index is 740. The zero-order valence-corrected chi connectivity index (χ0v) is 22.5. The highest BCUT2D eigenvalue weighted by atomic mass is 127. The van der Waals surface area contributed by atoms with Crippen LogP contribution in [0.4, 0.5) is 0 Å². The minimum atomic E-state index is 0. The van der Waals surface area contributed by atoms with Crippen LogP contribution in [0.2, 0.25) is 0 Å². The average molecular weight is 573 g/mol. The number of nitrogens with one attached hydrogen (secondary N) is 2. The van der Waals surface area contributed by atoms with Crippen molar-refractivity contribution < 1.29 is 14.3 Å². The number of carbonyl (C=O) groups is 1. The van der Waals surface area contributed by atoms with Crippen LogP contribution in [0.5, 0.6) is 0 Å². The maximum Gasteiger partial charge on any atom is 0.225 e. The van der Waals surface area contributed by atoms with Crippen molar-refractivity contribution in [3.63, 3.8) is 0 Å². The number of ether oxygens (including phenoxy) is 2. The SMILES string of the molecule is CCNC(=NCc1cccc(COCCOCC)c1)NC1CCN(C(=O)C2CCCC2)C1.I. The van der Waals surface area contributed by atoms with Gasteiger partial charge in [-0.25, -0.2) is 4.99 Å². The number of nitrogens with zero attached hydrogens (tertiary/aromatic N) is 2. The van der Waals surface area contributed by atoms with Gasteiger partial charge in [-0.1, -0.05) is 37.1 Å². The Balaban J connectivity index is 0.00000385. The van der Waals surface area contributed by atoms with Gasteiger partial charge in [0.1, 0.15) is 0 Å². The minimum Gasteiger partial charge on any atom is -0.379 e. The van der Waals surface area contributed by atoms with Crippen LogP contribution in [0.15, 0.2) is 29.3 Å². The maximum atomic E-state index is 12.7. The molecule has 3 rings (SSSR count). The molecule has 1 aromatic carbocycles. The van der Waals surface area contributed by atoms with E-state index in [1.807, 2.05) is 11.8 Å². The predicted molar refractivity (Wildman–Crippen MR) is 143 cm³/mol. The number of benzene rings is 1. The molecule has 0 aromatic heterocycles. The molecule has 33 heavy (non-hydrogen) atoms. The second-order valence-corrected chi connectivity index (χ2v) is 8.66. The topological polar surface area (TPSA) is 75.2 Å². The van der Waals surface area contributed by atoms with E-state index >= 15 is 0 Å². The van der Waals surface area contributed by atoms with E-state index in [0.717, 1.165) is 56.0 Å². The predicted octanol–water partition coefficient (Wildman–Crippen LogP) is 3.70. The quantitative estimate of drug-likeness (QED) is 0.183. The van der Waals surface area contributed by atoms with Crippen LogP contribution >= 0.6 is 24.0 Å². The van der Waals surface area contributed by atoms with Crippen molar-refractivity contribution in [3.05, 3.63) is 35.4 Å². The molecule has 1 heterocycles. The van der Waals surface area contributed by atoms with E-state index in [0.29, 0.717) is 38.9 Å². The van der Waals surface area contributed by atoms with Crippen molar-refractivity contribution in [3.8, 4) is 0 Å². The van der Waals surface area contributed by atoms with Crippen molar-refractivity contribution in [2.24, 2.45) is 10.9 Å². The number of hydrogen-bond acceptors (Lipinski definition) is 4. The number of amides is 1. The number of hydrogen-bond donors (Lipinski definition) is 2. The van der Waals surface area contributed by atoms with Crippen LogP contribution in [0.3, 0.4) is 0 Å². The lowest BCUT2D eigenvalue weighted by Crippen LogP contribution is -2.45. The first-order chi connectivity index (χ1) is 15.7. The maximum absolute atomic E-state index is 12.7. The Morgan fingerprint density at radius 1 is 1.12 bits per heavy atom. The molecule has 1 atom stereocenters. The zero-order valence-electron chi connectivity index (χ0n) is 20.2. The van der Waals surface area contributed by atoms with Crippen molar-refractivity contribution in [1.29, 1.82) is 0 Å². The van der Waals surface area contributed by atoms with E-state index in [-0.39, 0.29) is 35.9 Å². The Kier molecular flexibility index (Phi) is 13.1. The van der Waals surface area contributed by atoms with Crippen molar-refractivity contribution in [2.45, 2.75) is 65.1 Å². The van der Waals surface area contributed by atoms with Gasteiger partial charge in [-0.05, 0) is 44.2 Å². The highest BCUT2D eigenvalue weighted by molar-refractivity contribution is 14.0. The van der Waals surface area contributed by atoms with E-state index in [1.54, 1.807) is 0 Å². The van der Waals surface area contributed by atoms with Crippen molar-refractivity contribution >= 4 is 35.8 Å². The van der Waals surface area contributed by atoms with Crippen LogP contribution in [-0.2, 0) is 27.4 Å². The molecule has 0 bridgehead atoms. The molecule has 1 aliphatic carbocycles. The molecule has 1 unspecified atom stereocenters. The summed E-state index contributed by atoms with van der Waals surface area (Å²) >= 11 is 0. The first kappa shape index (κ1) is 27.9. The van der Waals surface area contributed by atoms with Crippen LogP contribution in [-0.4, -0.2) is 62.3 Å². The smallest absolute Gasteiger partial charge is 0.225 e. The number of rotatable bonds is 11. The van der Waals surface area contributed by atoms with Crippen molar-refractivity contribution in [1.82, 2.24) is 15.5 Å². The third-order valence-electron chi connectivity index (χ3n) is 6.15. The van der Waals surface area contributed by atoms with Crippen LogP contribution in [0.25, 0.3) is 0 Å². The summed E-state index contributed by atoms with van der Waals surface area (Å²) in [5.74, 6) is 1.42. The Hall–Kier alpha value is -1.39. The van der Waals surface area contributed by atoms with E-state index < -0.39 is 0 Å². The molecule has 1 saturated heterocycles. The highest BCUT2D eigenvalue weighted by Gasteiger charge is 2.32. The molecule has 0 radical (unpaired) electrons.